The van der Waals surface area contributed by atoms with Gasteiger partial charge in [0.25, 0.3) is 0 Å². The van der Waals surface area contributed by atoms with Crippen LogP contribution in [0.3, 0.4) is 0 Å². The van der Waals surface area contributed by atoms with Crippen LogP contribution < -0.4 is 10.4 Å². The van der Waals surface area contributed by atoms with Gasteiger partial charge in [0.05, 0.1) is 6.61 Å². The van der Waals surface area contributed by atoms with E-state index in [2.05, 4.69) is 4.42 Å². The van der Waals surface area contributed by atoms with Crippen molar-refractivity contribution in [2.75, 3.05) is 6.61 Å². The molecular formula is C16H15F3O8. The lowest BCUT2D eigenvalue weighted by Crippen LogP contribution is -2.60. The highest BCUT2D eigenvalue weighted by Crippen LogP contribution is 2.31. The van der Waals surface area contributed by atoms with E-state index in [1.807, 2.05) is 0 Å². The van der Waals surface area contributed by atoms with Crippen LogP contribution >= 0.6 is 0 Å². The van der Waals surface area contributed by atoms with Crippen LogP contribution in [0.4, 0.5) is 13.2 Å². The van der Waals surface area contributed by atoms with Gasteiger partial charge in [0.2, 0.25) is 6.29 Å². The predicted molar refractivity (Wildman–Crippen MR) is 81.9 cm³/mol. The minimum Gasteiger partial charge on any atom is -0.462 e. The molecule has 1 fully saturated rings. The molecule has 11 heteroatoms. The summed E-state index contributed by atoms with van der Waals surface area (Å²) < 4.78 is 53.4. The van der Waals surface area contributed by atoms with Crippen molar-refractivity contribution in [1.82, 2.24) is 0 Å². The molecule has 1 aliphatic rings. The van der Waals surface area contributed by atoms with E-state index in [1.165, 1.54) is 12.1 Å². The van der Waals surface area contributed by atoms with Crippen LogP contribution in [0.25, 0.3) is 11.0 Å². The summed E-state index contributed by atoms with van der Waals surface area (Å²) in [5, 5.41) is 38.5. The third-order valence-corrected chi connectivity index (χ3v) is 4.11. The van der Waals surface area contributed by atoms with E-state index in [9.17, 15) is 33.3 Å². The summed E-state index contributed by atoms with van der Waals surface area (Å²) in [6.07, 6.45) is -12.4. The fourth-order valence-electron chi connectivity index (χ4n) is 2.66. The fraction of sp³-hybridized carbons (Fsp3) is 0.438. The van der Waals surface area contributed by atoms with Crippen LogP contribution in [0.2, 0.25) is 0 Å². The number of hydrogen-bond donors (Lipinski definition) is 4. The average Bonchev–Trinajstić information content (AvgIpc) is 2.60. The number of halogens is 3. The molecular weight excluding hydrogens is 377 g/mol. The number of fused-ring (bicyclic) bond motifs is 1. The molecule has 3 rings (SSSR count). The maximum absolute atomic E-state index is 12.8. The maximum Gasteiger partial charge on any atom is 0.423 e. The Bertz CT molecular complexity index is 878. The van der Waals surface area contributed by atoms with E-state index in [0.717, 1.165) is 6.07 Å². The van der Waals surface area contributed by atoms with E-state index < -0.39 is 54.7 Å². The normalized spacial score (nSPS) is 29.1. The largest absolute Gasteiger partial charge is 0.462 e. The van der Waals surface area contributed by atoms with Gasteiger partial charge in [-0.15, -0.1) is 0 Å². The molecule has 1 aliphatic heterocycles. The first-order valence-electron chi connectivity index (χ1n) is 7.74. The lowest BCUT2D eigenvalue weighted by Gasteiger charge is -2.39. The number of alkyl halides is 3. The first kappa shape index (κ1) is 19.6. The molecule has 0 aliphatic carbocycles. The number of ether oxygens (including phenoxy) is 2. The molecule has 0 saturated carbocycles. The topological polar surface area (TPSA) is 130 Å². The zero-order valence-electron chi connectivity index (χ0n) is 13.5. The fourth-order valence-corrected chi connectivity index (χ4v) is 2.66. The Morgan fingerprint density at radius 2 is 1.78 bits per heavy atom. The molecule has 1 saturated heterocycles. The second kappa shape index (κ2) is 7.09. The summed E-state index contributed by atoms with van der Waals surface area (Å²) in [5.41, 5.74) is -3.22. The van der Waals surface area contributed by atoms with E-state index in [4.69, 9.17) is 14.6 Å². The highest BCUT2D eigenvalue weighted by molar-refractivity contribution is 5.78. The van der Waals surface area contributed by atoms with Gasteiger partial charge in [-0.1, -0.05) is 0 Å². The van der Waals surface area contributed by atoms with Crippen LogP contribution in [-0.4, -0.2) is 57.7 Å². The highest BCUT2D eigenvalue weighted by atomic mass is 19.4. The Hall–Kier alpha value is -2.18. The monoisotopic (exact) mass is 392 g/mol. The zero-order chi connectivity index (χ0) is 19.9. The SMILES string of the molecule is O=c1oc2cc(OC3O[C@H](CO)[C@H](O)[C@H](O)[C@H]3O)ccc2cc1C(F)(F)F. The van der Waals surface area contributed by atoms with E-state index >= 15 is 0 Å². The summed E-state index contributed by atoms with van der Waals surface area (Å²) in [7, 11) is 0. The Labute approximate surface area is 149 Å². The molecule has 5 atom stereocenters. The van der Waals surface area contributed by atoms with Crippen molar-refractivity contribution in [2.24, 2.45) is 0 Å². The van der Waals surface area contributed by atoms with Gasteiger partial charge in [-0.25, -0.2) is 4.79 Å². The number of aliphatic hydroxyl groups is 4. The average molecular weight is 392 g/mol. The van der Waals surface area contributed by atoms with Crippen molar-refractivity contribution in [1.29, 1.82) is 0 Å². The molecule has 1 unspecified atom stereocenters. The molecule has 2 heterocycles. The third kappa shape index (κ3) is 3.77. The van der Waals surface area contributed by atoms with Crippen LogP contribution in [0.1, 0.15) is 5.56 Å². The molecule has 0 spiro atoms. The van der Waals surface area contributed by atoms with Crippen molar-refractivity contribution in [3.05, 3.63) is 40.2 Å². The Morgan fingerprint density at radius 3 is 2.41 bits per heavy atom. The van der Waals surface area contributed by atoms with E-state index in [1.54, 1.807) is 0 Å². The van der Waals surface area contributed by atoms with Gasteiger partial charge in [0.15, 0.2) is 0 Å². The Morgan fingerprint density at radius 1 is 1.07 bits per heavy atom. The van der Waals surface area contributed by atoms with Gasteiger partial charge in [-0.3, -0.25) is 0 Å². The molecule has 2 aromatic rings. The zero-order valence-corrected chi connectivity index (χ0v) is 13.5. The molecule has 1 aromatic carbocycles. The second-order valence-corrected chi connectivity index (χ2v) is 5.96. The molecule has 27 heavy (non-hydrogen) atoms. The van der Waals surface area contributed by atoms with Crippen molar-refractivity contribution in [3.8, 4) is 5.75 Å². The van der Waals surface area contributed by atoms with Crippen molar-refractivity contribution >= 4 is 11.0 Å². The smallest absolute Gasteiger partial charge is 0.423 e. The third-order valence-electron chi connectivity index (χ3n) is 4.11. The van der Waals surface area contributed by atoms with Gasteiger partial charge in [-0.2, -0.15) is 13.2 Å². The van der Waals surface area contributed by atoms with Crippen LogP contribution in [0.15, 0.2) is 33.5 Å². The standard InChI is InChI=1S/C16H15F3O8/c17-16(18,19)8-3-6-1-2-7(4-9(6)26-14(8)24)25-15-13(23)12(22)11(21)10(5-20)27-15/h1-4,10-13,15,20-23H,5H2/t10-,11+,12+,13-,15?/m1/s1. The minimum absolute atomic E-state index is 0.0110. The molecule has 148 valence electrons. The Kier molecular flexibility index (Phi) is 5.14. The summed E-state index contributed by atoms with van der Waals surface area (Å²) >= 11 is 0. The first-order valence-corrected chi connectivity index (χ1v) is 7.74. The van der Waals surface area contributed by atoms with Crippen LogP contribution in [-0.2, 0) is 10.9 Å². The van der Waals surface area contributed by atoms with Crippen LogP contribution in [0.5, 0.6) is 5.75 Å². The summed E-state index contributed by atoms with van der Waals surface area (Å²) in [6, 6.07) is 4.19. The molecule has 8 nitrogen and oxygen atoms in total. The second-order valence-electron chi connectivity index (χ2n) is 5.96. The van der Waals surface area contributed by atoms with E-state index in [-0.39, 0.29) is 16.7 Å². The quantitative estimate of drug-likeness (QED) is 0.537. The van der Waals surface area contributed by atoms with Crippen molar-refractivity contribution in [2.45, 2.75) is 36.9 Å². The lowest BCUT2D eigenvalue weighted by molar-refractivity contribution is -0.277. The molecule has 4 N–H and O–H groups in total. The minimum atomic E-state index is -4.86. The van der Waals surface area contributed by atoms with Crippen molar-refractivity contribution < 1.29 is 47.5 Å². The van der Waals surface area contributed by atoms with Gasteiger partial charge < -0.3 is 34.3 Å². The lowest BCUT2D eigenvalue weighted by atomic mass is 9.99. The van der Waals surface area contributed by atoms with E-state index in [0.29, 0.717) is 6.07 Å². The Balaban J connectivity index is 1.88. The van der Waals surface area contributed by atoms with Gasteiger partial charge in [0, 0.05) is 11.5 Å². The number of aliphatic hydroxyl groups excluding tert-OH is 4. The number of benzene rings is 1. The first-order chi connectivity index (χ1) is 12.6. The van der Waals surface area contributed by atoms with Crippen molar-refractivity contribution in [3.63, 3.8) is 0 Å². The maximum atomic E-state index is 12.8. The summed E-state index contributed by atoms with van der Waals surface area (Å²) in [6.45, 7) is -0.655. The molecule has 0 radical (unpaired) electrons. The summed E-state index contributed by atoms with van der Waals surface area (Å²) in [5.74, 6) is -0.0465. The van der Waals surface area contributed by atoms with Gasteiger partial charge >= 0.3 is 11.8 Å². The van der Waals surface area contributed by atoms with Gasteiger partial charge in [0.1, 0.15) is 41.3 Å². The molecule has 1 aromatic heterocycles. The predicted octanol–water partition coefficient (Wildman–Crippen LogP) is -0.00950. The molecule has 0 bridgehead atoms. The summed E-state index contributed by atoms with van der Waals surface area (Å²) in [4.78, 5) is 11.5. The van der Waals surface area contributed by atoms with Crippen LogP contribution in [0, 0.1) is 0 Å². The number of hydrogen-bond acceptors (Lipinski definition) is 8. The number of rotatable bonds is 3. The molecule has 0 amide bonds. The van der Waals surface area contributed by atoms with Gasteiger partial charge in [-0.05, 0) is 18.2 Å². The highest BCUT2D eigenvalue weighted by Gasteiger charge is 2.44.